The second kappa shape index (κ2) is 5.82. The summed E-state index contributed by atoms with van der Waals surface area (Å²) in [6, 6.07) is 9.78. The molecule has 1 saturated heterocycles. The Morgan fingerprint density at radius 2 is 1.60 bits per heavy atom. The number of hydrogen-bond acceptors (Lipinski definition) is 3. The van der Waals surface area contributed by atoms with Crippen molar-refractivity contribution in [2.24, 2.45) is 0 Å². The number of piperidine rings is 1. The zero-order valence-electron chi connectivity index (χ0n) is 11.3. The van der Waals surface area contributed by atoms with Crippen molar-refractivity contribution in [1.29, 1.82) is 0 Å². The van der Waals surface area contributed by atoms with Gasteiger partial charge in [0.15, 0.2) is 5.82 Å². The van der Waals surface area contributed by atoms with Crippen molar-refractivity contribution in [2.45, 2.75) is 19.3 Å². The van der Waals surface area contributed by atoms with E-state index in [-0.39, 0.29) is 5.91 Å². The van der Waals surface area contributed by atoms with E-state index in [1.165, 1.54) is 6.42 Å². The summed E-state index contributed by atoms with van der Waals surface area (Å²) >= 11 is 0. The minimum atomic E-state index is 0.0457. The largest absolute Gasteiger partial charge is 0.339 e. The first-order chi connectivity index (χ1) is 9.84. The van der Waals surface area contributed by atoms with E-state index < -0.39 is 0 Å². The van der Waals surface area contributed by atoms with Gasteiger partial charge in [-0.2, -0.15) is 0 Å². The summed E-state index contributed by atoms with van der Waals surface area (Å²) in [6.07, 6.45) is 6.66. The monoisotopic (exact) mass is 267 g/mol. The lowest BCUT2D eigenvalue weighted by atomic mass is 10.1. The molecule has 2 heterocycles. The number of carbonyl (C=O) groups is 1. The van der Waals surface area contributed by atoms with Gasteiger partial charge in [-0.3, -0.25) is 4.79 Å². The SMILES string of the molecule is O=C(c1cnc(-c2ccccc2)nc1)N1CCCCC1. The fourth-order valence-electron chi connectivity index (χ4n) is 2.45. The Hall–Kier alpha value is -2.23. The second-order valence-corrected chi connectivity index (χ2v) is 5.01. The summed E-state index contributed by atoms with van der Waals surface area (Å²) in [4.78, 5) is 22.8. The van der Waals surface area contributed by atoms with Gasteiger partial charge in [0, 0.05) is 31.0 Å². The number of likely N-dealkylation sites (tertiary alicyclic amines) is 1. The van der Waals surface area contributed by atoms with E-state index >= 15 is 0 Å². The number of aromatic nitrogens is 2. The first-order valence-corrected chi connectivity index (χ1v) is 7.01. The average molecular weight is 267 g/mol. The molecule has 102 valence electrons. The zero-order chi connectivity index (χ0) is 13.8. The predicted molar refractivity (Wildman–Crippen MR) is 77.2 cm³/mol. The lowest BCUT2D eigenvalue weighted by Crippen LogP contribution is -2.35. The molecule has 1 fully saturated rings. The summed E-state index contributed by atoms with van der Waals surface area (Å²) < 4.78 is 0. The molecule has 1 amide bonds. The Bertz CT molecular complexity index is 574. The normalized spacial score (nSPS) is 15.1. The van der Waals surface area contributed by atoms with Crippen molar-refractivity contribution < 1.29 is 4.79 Å². The van der Waals surface area contributed by atoms with Gasteiger partial charge >= 0.3 is 0 Å². The Kier molecular flexibility index (Phi) is 3.72. The smallest absolute Gasteiger partial charge is 0.256 e. The summed E-state index contributed by atoms with van der Waals surface area (Å²) in [7, 11) is 0. The van der Waals surface area contributed by atoms with Crippen LogP contribution in [0.25, 0.3) is 11.4 Å². The van der Waals surface area contributed by atoms with Crippen molar-refractivity contribution in [3.05, 3.63) is 48.3 Å². The molecule has 1 aliphatic rings. The average Bonchev–Trinajstić information content (AvgIpc) is 2.56. The van der Waals surface area contributed by atoms with Gasteiger partial charge in [0.1, 0.15) is 0 Å². The number of carbonyl (C=O) groups excluding carboxylic acids is 1. The topological polar surface area (TPSA) is 46.1 Å². The molecule has 4 nitrogen and oxygen atoms in total. The predicted octanol–water partition coefficient (Wildman–Crippen LogP) is 2.77. The van der Waals surface area contributed by atoms with Crippen LogP contribution in [0.15, 0.2) is 42.7 Å². The maximum atomic E-state index is 12.3. The van der Waals surface area contributed by atoms with E-state index in [0.717, 1.165) is 31.5 Å². The Morgan fingerprint density at radius 1 is 0.950 bits per heavy atom. The highest BCUT2D eigenvalue weighted by molar-refractivity contribution is 5.93. The van der Waals surface area contributed by atoms with Gasteiger partial charge in [-0.1, -0.05) is 30.3 Å². The molecule has 0 saturated carbocycles. The molecule has 2 aromatic rings. The number of amides is 1. The third-order valence-electron chi connectivity index (χ3n) is 3.57. The molecule has 0 spiro atoms. The molecule has 0 N–H and O–H groups in total. The summed E-state index contributed by atoms with van der Waals surface area (Å²) in [5, 5.41) is 0. The molecule has 0 atom stereocenters. The van der Waals surface area contributed by atoms with Crippen LogP contribution in [0, 0.1) is 0 Å². The lowest BCUT2D eigenvalue weighted by molar-refractivity contribution is 0.0723. The molecule has 0 unspecified atom stereocenters. The molecule has 1 aromatic carbocycles. The third kappa shape index (κ3) is 2.69. The van der Waals surface area contributed by atoms with Crippen LogP contribution in [0.5, 0.6) is 0 Å². The molecule has 20 heavy (non-hydrogen) atoms. The van der Waals surface area contributed by atoms with Gasteiger partial charge in [0.25, 0.3) is 5.91 Å². The van der Waals surface area contributed by atoms with E-state index in [2.05, 4.69) is 9.97 Å². The van der Waals surface area contributed by atoms with E-state index in [4.69, 9.17) is 0 Å². The highest BCUT2D eigenvalue weighted by atomic mass is 16.2. The van der Waals surface area contributed by atoms with Gasteiger partial charge in [-0.15, -0.1) is 0 Å². The number of benzene rings is 1. The van der Waals surface area contributed by atoms with E-state index in [0.29, 0.717) is 11.4 Å². The highest BCUT2D eigenvalue weighted by Crippen LogP contribution is 2.15. The first kappa shape index (κ1) is 12.8. The minimum Gasteiger partial charge on any atom is -0.339 e. The van der Waals surface area contributed by atoms with Crippen molar-refractivity contribution in [3.8, 4) is 11.4 Å². The molecule has 0 bridgehead atoms. The van der Waals surface area contributed by atoms with Crippen LogP contribution in [-0.4, -0.2) is 33.9 Å². The van der Waals surface area contributed by atoms with Crippen molar-refractivity contribution in [2.75, 3.05) is 13.1 Å². The maximum Gasteiger partial charge on any atom is 0.256 e. The van der Waals surface area contributed by atoms with Crippen LogP contribution in [0.3, 0.4) is 0 Å². The fraction of sp³-hybridized carbons (Fsp3) is 0.312. The van der Waals surface area contributed by atoms with E-state index in [1.807, 2.05) is 35.2 Å². The highest BCUT2D eigenvalue weighted by Gasteiger charge is 2.18. The molecule has 0 radical (unpaired) electrons. The van der Waals surface area contributed by atoms with Crippen LogP contribution in [0.1, 0.15) is 29.6 Å². The van der Waals surface area contributed by atoms with Crippen molar-refractivity contribution >= 4 is 5.91 Å². The number of hydrogen-bond donors (Lipinski definition) is 0. The van der Waals surface area contributed by atoms with Gasteiger partial charge < -0.3 is 4.90 Å². The first-order valence-electron chi connectivity index (χ1n) is 7.01. The Morgan fingerprint density at radius 3 is 2.25 bits per heavy atom. The molecular formula is C16H17N3O. The molecule has 3 rings (SSSR count). The second-order valence-electron chi connectivity index (χ2n) is 5.01. The summed E-state index contributed by atoms with van der Waals surface area (Å²) in [5.74, 6) is 0.699. The van der Waals surface area contributed by atoms with Crippen molar-refractivity contribution in [3.63, 3.8) is 0 Å². The molecular weight excluding hydrogens is 250 g/mol. The molecule has 4 heteroatoms. The van der Waals surface area contributed by atoms with Gasteiger partial charge in [0.05, 0.1) is 5.56 Å². The number of rotatable bonds is 2. The van der Waals surface area contributed by atoms with Crippen LogP contribution >= 0.6 is 0 Å². The molecule has 1 aliphatic heterocycles. The van der Waals surface area contributed by atoms with Gasteiger partial charge in [-0.25, -0.2) is 9.97 Å². The minimum absolute atomic E-state index is 0.0457. The summed E-state index contributed by atoms with van der Waals surface area (Å²) in [6.45, 7) is 1.69. The van der Waals surface area contributed by atoms with Crippen LogP contribution < -0.4 is 0 Å². The van der Waals surface area contributed by atoms with Gasteiger partial charge in [-0.05, 0) is 19.3 Å². The third-order valence-corrected chi connectivity index (χ3v) is 3.57. The maximum absolute atomic E-state index is 12.3. The lowest BCUT2D eigenvalue weighted by Gasteiger charge is -2.26. The summed E-state index contributed by atoms with van der Waals surface area (Å²) in [5.41, 5.74) is 1.54. The van der Waals surface area contributed by atoms with Crippen LogP contribution in [0.4, 0.5) is 0 Å². The van der Waals surface area contributed by atoms with E-state index in [1.54, 1.807) is 12.4 Å². The van der Waals surface area contributed by atoms with Gasteiger partial charge in [0.2, 0.25) is 0 Å². The molecule has 1 aromatic heterocycles. The van der Waals surface area contributed by atoms with Crippen molar-refractivity contribution in [1.82, 2.24) is 14.9 Å². The Labute approximate surface area is 118 Å². The molecule has 0 aliphatic carbocycles. The van der Waals surface area contributed by atoms with Crippen LogP contribution in [-0.2, 0) is 0 Å². The van der Waals surface area contributed by atoms with Crippen LogP contribution in [0.2, 0.25) is 0 Å². The number of nitrogens with zero attached hydrogens (tertiary/aromatic N) is 3. The fourth-order valence-corrected chi connectivity index (χ4v) is 2.45. The standard InChI is InChI=1S/C16H17N3O/c20-16(19-9-5-2-6-10-19)14-11-17-15(18-12-14)13-7-3-1-4-8-13/h1,3-4,7-8,11-12H,2,5-6,9-10H2. The quantitative estimate of drug-likeness (QED) is 0.840. The zero-order valence-corrected chi connectivity index (χ0v) is 11.3. The Balaban J connectivity index is 1.77. The van der Waals surface area contributed by atoms with E-state index in [9.17, 15) is 4.79 Å².